The van der Waals surface area contributed by atoms with Gasteiger partial charge in [-0.15, -0.1) is 0 Å². The summed E-state index contributed by atoms with van der Waals surface area (Å²) in [6.07, 6.45) is 3.25. The number of carbonyl (C=O) groups excluding carboxylic acids is 1. The summed E-state index contributed by atoms with van der Waals surface area (Å²) in [6.45, 7) is 2.84. The van der Waals surface area contributed by atoms with Crippen LogP contribution in [0.4, 0.5) is 10.7 Å². The van der Waals surface area contributed by atoms with Crippen molar-refractivity contribution in [3.63, 3.8) is 0 Å². The minimum absolute atomic E-state index is 0.105. The number of ether oxygens (including phenoxy) is 1. The summed E-state index contributed by atoms with van der Waals surface area (Å²) in [5.74, 6) is 0.946. The average Bonchev–Trinajstić information content (AvgIpc) is 3.29. The maximum atomic E-state index is 10.9. The monoisotopic (exact) mass is 351 g/mol. The summed E-state index contributed by atoms with van der Waals surface area (Å²) >= 11 is 0. The van der Waals surface area contributed by atoms with Crippen molar-refractivity contribution >= 4 is 23.2 Å². The van der Waals surface area contributed by atoms with Crippen LogP contribution in [0.3, 0.4) is 0 Å². The van der Waals surface area contributed by atoms with Gasteiger partial charge in [0.25, 0.3) is 0 Å². The van der Waals surface area contributed by atoms with Crippen LogP contribution >= 0.6 is 0 Å². The maximum absolute atomic E-state index is 10.9. The predicted molar refractivity (Wildman–Crippen MR) is 98.9 cm³/mol. The minimum atomic E-state index is -0.791. The fraction of sp³-hybridized carbons (Fsp3) is 0.316. The van der Waals surface area contributed by atoms with Gasteiger partial charge in [0.15, 0.2) is 5.65 Å². The van der Waals surface area contributed by atoms with E-state index in [9.17, 15) is 4.79 Å². The molecule has 1 saturated heterocycles. The summed E-state index contributed by atoms with van der Waals surface area (Å²) in [7, 11) is 0. The third kappa shape index (κ3) is 3.33. The van der Waals surface area contributed by atoms with Crippen molar-refractivity contribution in [3.8, 4) is 0 Å². The van der Waals surface area contributed by atoms with Crippen LogP contribution in [0.15, 0.2) is 42.6 Å². The third-order valence-electron chi connectivity index (χ3n) is 4.60. The van der Waals surface area contributed by atoms with Gasteiger partial charge in [-0.1, -0.05) is 30.3 Å². The molecule has 0 radical (unpaired) electrons. The molecule has 1 aliphatic heterocycles. The zero-order valence-electron chi connectivity index (χ0n) is 14.5. The Labute approximate surface area is 151 Å². The summed E-state index contributed by atoms with van der Waals surface area (Å²) in [4.78, 5) is 22.4. The van der Waals surface area contributed by atoms with E-state index in [2.05, 4.69) is 26.6 Å². The van der Waals surface area contributed by atoms with Gasteiger partial charge in [0.1, 0.15) is 6.61 Å². The molecular weight excluding hydrogens is 330 g/mol. The summed E-state index contributed by atoms with van der Waals surface area (Å²) < 4.78 is 7.09. The minimum Gasteiger partial charge on any atom is -0.445 e. The van der Waals surface area contributed by atoms with Gasteiger partial charge < -0.3 is 19.9 Å². The van der Waals surface area contributed by atoms with Gasteiger partial charge in [-0.2, -0.15) is 4.98 Å². The molecule has 0 spiro atoms. The highest BCUT2D eigenvalue weighted by molar-refractivity contribution is 5.76. The van der Waals surface area contributed by atoms with E-state index >= 15 is 0 Å². The van der Waals surface area contributed by atoms with E-state index in [1.54, 1.807) is 6.20 Å². The quantitative estimate of drug-likeness (QED) is 0.764. The largest absolute Gasteiger partial charge is 0.445 e. The second-order valence-corrected chi connectivity index (χ2v) is 6.47. The Hall–Kier alpha value is -3.09. The van der Waals surface area contributed by atoms with Crippen LogP contribution in [0.1, 0.15) is 24.0 Å². The molecule has 7 nitrogen and oxygen atoms in total. The number of rotatable bonds is 5. The van der Waals surface area contributed by atoms with Crippen molar-refractivity contribution in [2.45, 2.75) is 26.0 Å². The number of carbonyl (C=O) groups is 1. The number of hydrogen-bond donors (Lipinski definition) is 1. The van der Waals surface area contributed by atoms with Gasteiger partial charge >= 0.3 is 6.09 Å². The Morgan fingerprint density at radius 3 is 2.65 bits per heavy atom. The lowest BCUT2D eigenvalue weighted by Gasteiger charge is -2.18. The molecule has 3 aromatic rings. The van der Waals surface area contributed by atoms with E-state index in [1.165, 1.54) is 18.4 Å². The van der Waals surface area contributed by atoms with Crippen LogP contribution in [0.25, 0.3) is 11.2 Å². The number of primary amides is 1. The van der Waals surface area contributed by atoms with Crippen LogP contribution in [0.5, 0.6) is 0 Å². The Kier molecular flexibility index (Phi) is 4.43. The zero-order valence-corrected chi connectivity index (χ0v) is 14.5. The number of nitrogens with two attached hydrogens (primary N) is 1. The highest BCUT2D eigenvalue weighted by Gasteiger charge is 2.21. The molecule has 1 aliphatic rings. The van der Waals surface area contributed by atoms with E-state index in [0.717, 1.165) is 30.1 Å². The van der Waals surface area contributed by atoms with E-state index in [-0.39, 0.29) is 6.61 Å². The van der Waals surface area contributed by atoms with Crippen LogP contribution < -0.4 is 10.6 Å². The molecule has 0 atom stereocenters. The van der Waals surface area contributed by atoms with Gasteiger partial charge in [-0.3, -0.25) is 0 Å². The first kappa shape index (κ1) is 16.4. The molecule has 0 saturated carbocycles. The standard InChI is InChI=1S/C19H21N5O2/c20-18(25)26-13-15-10-16-17(21-11-15)22-19(23-8-4-5-9-23)24(16)12-14-6-2-1-3-7-14/h1-3,6-7,10-11H,4-5,8-9,12-13H2,(H2,20,25). The highest BCUT2D eigenvalue weighted by atomic mass is 16.5. The molecule has 1 aromatic carbocycles. The number of benzene rings is 1. The Morgan fingerprint density at radius 2 is 1.92 bits per heavy atom. The van der Waals surface area contributed by atoms with Crippen molar-refractivity contribution in [3.05, 3.63) is 53.7 Å². The molecular formula is C19H21N5O2. The number of imidazole rings is 1. The molecule has 2 aromatic heterocycles. The first-order valence-electron chi connectivity index (χ1n) is 8.77. The molecule has 1 fully saturated rings. The normalized spacial score (nSPS) is 14.1. The van der Waals surface area contributed by atoms with E-state index in [0.29, 0.717) is 12.2 Å². The molecule has 0 unspecified atom stereocenters. The Bertz CT molecular complexity index is 916. The number of nitrogens with zero attached hydrogens (tertiary/aromatic N) is 4. The molecule has 3 heterocycles. The van der Waals surface area contributed by atoms with Gasteiger partial charge in [-0.05, 0) is 24.5 Å². The fourth-order valence-electron chi connectivity index (χ4n) is 3.35. The SMILES string of the molecule is NC(=O)OCc1cnc2nc(N3CCCC3)n(Cc3ccccc3)c2c1. The average molecular weight is 351 g/mol. The lowest BCUT2D eigenvalue weighted by atomic mass is 10.2. The van der Waals surface area contributed by atoms with E-state index < -0.39 is 6.09 Å². The molecule has 2 N–H and O–H groups in total. The fourth-order valence-corrected chi connectivity index (χ4v) is 3.35. The second-order valence-electron chi connectivity index (χ2n) is 6.47. The molecule has 7 heteroatoms. The number of pyridine rings is 1. The van der Waals surface area contributed by atoms with Crippen molar-refractivity contribution in [2.75, 3.05) is 18.0 Å². The van der Waals surface area contributed by atoms with Gasteiger partial charge in [0.05, 0.1) is 12.1 Å². The van der Waals surface area contributed by atoms with Crippen molar-refractivity contribution in [2.24, 2.45) is 5.73 Å². The second kappa shape index (κ2) is 7.03. The van der Waals surface area contributed by atoms with Crippen LogP contribution in [0.2, 0.25) is 0 Å². The number of fused-ring (bicyclic) bond motifs is 1. The van der Waals surface area contributed by atoms with Gasteiger partial charge in [0.2, 0.25) is 5.95 Å². The Morgan fingerprint density at radius 1 is 1.15 bits per heavy atom. The molecule has 0 aliphatic carbocycles. The first-order valence-corrected chi connectivity index (χ1v) is 8.77. The molecule has 26 heavy (non-hydrogen) atoms. The van der Waals surface area contributed by atoms with Crippen LogP contribution in [0, 0.1) is 0 Å². The molecule has 134 valence electrons. The van der Waals surface area contributed by atoms with Gasteiger partial charge in [0, 0.05) is 24.8 Å². The summed E-state index contributed by atoms with van der Waals surface area (Å²) in [5, 5.41) is 0. The lowest BCUT2D eigenvalue weighted by molar-refractivity contribution is 0.150. The lowest BCUT2D eigenvalue weighted by Crippen LogP contribution is -2.22. The van der Waals surface area contributed by atoms with Crippen LogP contribution in [-0.2, 0) is 17.9 Å². The third-order valence-corrected chi connectivity index (χ3v) is 4.60. The smallest absolute Gasteiger partial charge is 0.404 e. The zero-order chi connectivity index (χ0) is 17.9. The predicted octanol–water partition coefficient (Wildman–Crippen LogP) is 2.68. The van der Waals surface area contributed by atoms with Crippen LogP contribution in [-0.4, -0.2) is 33.7 Å². The van der Waals surface area contributed by atoms with E-state index in [1.807, 2.05) is 24.3 Å². The highest BCUT2D eigenvalue weighted by Crippen LogP contribution is 2.26. The number of hydrogen-bond acceptors (Lipinski definition) is 5. The first-order chi connectivity index (χ1) is 12.7. The van der Waals surface area contributed by atoms with Gasteiger partial charge in [-0.25, -0.2) is 9.78 Å². The van der Waals surface area contributed by atoms with E-state index in [4.69, 9.17) is 15.5 Å². The molecule has 4 rings (SSSR count). The van der Waals surface area contributed by atoms with Crippen molar-refractivity contribution < 1.29 is 9.53 Å². The summed E-state index contributed by atoms with van der Waals surface area (Å²) in [5.41, 5.74) is 8.69. The Balaban J connectivity index is 1.76. The number of amides is 1. The van der Waals surface area contributed by atoms with Crippen molar-refractivity contribution in [1.82, 2.24) is 14.5 Å². The summed E-state index contributed by atoms with van der Waals surface area (Å²) in [6, 6.07) is 12.3. The maximum Gasteiger partial charge on any atom is 0.404 e. The number of aromatic nitrogens is 3. The van der Waals surface area contributed by atoms with Crippen molar-refractivity contribution in [1.29, 1.82) is 0 Å². The number of anilines is 1. The molecule has 0 bridgehead atoms. The molecule has 1 amide bonds. The topological polar surface area (TPSA) is 86.3 Å².